The molecule has 0 atom stereocenters. The number of hydrogen-bond acceptors (Lipinski definition) is 4. The molecule has 8 heteroatoms. The molecule has 0 aliphatic rings. The van der Waals surface area contributed by atoms with Crippen LogP contribution in [-0.2, 0) is 4.79 Å². The third-order valence-corrected chi connectivity index (χ3v) is 3.98. The van der Waals surface area contributed by atoms with Crippen molar-refractivity contribution < 1.29 is 14.6 Å². The first-order valence-electron chi connectivity index (χ1n) is 6.76. The van der Waals surface area contributed by atoms with E-state index >= 15 is 0 Å². The molecule has 2 aromatic carbocycles. The van der Waals surface area contributed by atoms with E-state index in [0.29, 0.717) is 10.7 Å². The van der Waals surface area contributed by atoms with Gasteiger partial charge < -0.3 is 9.84 Å². The van der Waals surface area contributed by atoms with Gasteiger partial charge in [0.15, 0.2) is 6.61 Å². The predicted molar refractivity (Wildman–Crippen MR) is 95.4 cm³/mol. The van der Waals surface area contributed by atoms with E-state index in [1.807, 2.05) is 0 Å². The normalized spacial score (nSPS) is 11.2. The van der Waals surface area contributed by atoms with Crippen LogP contribution in [0.5, 0.6) is 11.5 Å². The van der Waals surface area contributed by atoms with E-state index in [4.69, 9.17) is 39.5 Å². The van der Waals surface area contributed by atoms with Crippen molar-refractivity contribution in [2.75, 3.05) is 6.61 Å². The van der Waals surface area contributed by atoms with E-state index in [1.54, 1.807) is 19.1 Å². The molecular weight excluding hydrogens is 375 g/mol. The van der Waals surface area contributed by atoms with Crippen LogP contribution in [-0.4, -0.2) is 23.3 Å². The van der Waals surface area contributed by atoms with E-state index in [9.17, 15) is 9.90 Å². The molecule has 0 aromatic heterocycles. The molecule has 126 valence electrons. The van der Waals surface area contributed by atoms with Crippen molar-refractivity contribution >= 4 is 46.4 Å². The van der Waals surface area contributed by atoms with E-state index in [0.717, 1.165) is 5.56 Å². The molecule has 0 aliphatic heterocycles. The highest BCUT2D eigenvalue weighted by atomic mass is 35.5. The summed E-state index contributed by atoms with van der Waals surface area (Å²) >= 11 is 17.6. The Kier molecular flexibility index (Phi) is 6.31. The third kappa shape index (κ3) is 5.03. The number of carbonyl (C=O) groups excluding carboxylic acids is 1. The monoisotopic (exact) mass is 386 g/mol. The quantitative estimate of drug-likeness (QED) is 0.457. The summed E-state index contributed by atoms with van der Waals surface area (Å²) in [5, 5.41) is 14.0. The maximum atomic E-state index is 11.8. The minimum absolute atomic E-state index is 0.155. The number of aromatic hydroxyl groups is 1. The highest BCUT2D eigenvalue weighted by Crippen LogP contribution is 2.33. The second-order valence-electron chi connectivity index (χ2n) is 4.76. The summed E-state index contributed by atoms with van der Waals surface area (Å²) in [7, 11) is 0. The Morgan fingerprint density at radius 2 is 1.75 bits per heavy atom. The van der Waals surface area contributed by atoms with Crippen LogP contribution in [0, 0.1) is 0 Å². The topological polar surface area (TPSA) is 70.9 Å². The van der Waals surface area contributed by atoms with Gasteiger partial charge in [-0.1, -0.05) is 34.8 Å². The maximum Gasteiger partial charge on any atom is 0.277 e. The lowest BCUT2D eigenvalue weighted by atomic mass is 10.1. The number of amides is 1. The fourth-order valence-corrected chi connectivity index (χ4v) is 2.30. The van der Waals surface area contributed by atoms with Gasteiger partial charge in [-0.15, -0.1) is 0 Å². The summed E-state index contributed by atoms with van der Waals surface area (Å²) in [6.07, 6.45) is 0. The number of phenols is 1. The fraction of sp³-hybridized carbons (Fsp3) is 0.125. The Labute approximate surface area is 153 Å². The molecule has 0 unspecified atom stereocenters. The first-order chi connectivity index (χ1) is 11.4. The molecule has 0 bridgehead atoms. The Hall–Kier alpha value is -1.95. The largest absolute Gasteiger partial charge is 0.508 e. The Morgan fingerprint density at radius 3 is 2.42 bits per heavy atom. The van der Waals surface area contributed by atoms with Crippen molar-refractivity contribution in [2.24, 2.45) is 5.10 Å². The summed E-state index contributed by atoms with van der Waals surface area (Å²) in [5.74, 6) is -0.0572. The number of hydrazone groups is 1. The molecule has 2 N–H and O–H groups in total. The summed E-state index contributed by atoms with van der Waals surface area (Å²) in [5.41, 5.74) is 3.72. The first kappa shape index (κ1) is 18.4. The van der Waals surface area contributed by atoms with E-state index in [2.05, 4.69) is 10.5 Å². The van der Waals surface area contributed by atoms with Crippen LogP contribution in [0.1, 0.15) is 12.5 Å². The second-order valence-corrected chi connectivity index (χ2v) is 5.99. The number of nitrogens with one attached hydrogen (secondary N) is 1. The van der Waals surface area contributed by atoms with E-state index < -0.39 is 5.91 Å². The van der Waals surface area contributed by atoms with Gasteiger partial charge in [0.2, 0.25) is 0 Å². The Balaban J connectivity index is 1.93. The molecule has 5 nitrogen and oxygen atoms in total. The molecule has 2 aromatic rings. The molecule has 0 spiro atoms. The van der Waals surface area contributed by atoms with Crippen LogP contribution in [0.3, 0.4) is 0 Å². The molecule has 1 amide bonds. The van der Waals surface area contributed by atoms with Crippen molar-refractivity contribution in [3.05, 3.63) is 57.0 Å². The van der Waals surface area contributed by atoms with Crippen LogP contribution in [0.25, 0.3) is 0 Å². The lowest BCUT2D eigenvalue weighted by Crippen LogP contribution is -2.25. The lowest BCUT2D eigenvalue weighted by molar-refractivity contribution is -0.123. The fourth-order valence-electron chi connectivity index (χ4n) is 1.70. The van der Waals surface area contributed by atoms with Crippen LogP contribution in [0.4, 0.5) is 0 Å². The average molecular weight is 388 g/mol. The molecule has 0 aliphatic carbocycles. The first-order valence-corrected chi connectivity index (χ1v) is 7.90. The van der Waals surface area contributed by atoms with Crippen molar-refractivity contribution in [3.8, 4) is 11.5 Å². The van der Waals surface area contributed by atoms with Gasteiger partial charge in [-0.25, -0.2) is 5.43 Å². The third-order valence-electron chi connectivity index (χ3n) is 2.97. The zero-order valence-corrected chi connectivity index (χ0v) is 14.8. The van der Waals surface area contributed by atoms with Gasteiger partial charge >= 0.3 is 0 Å². The van der Waals surface area contributed by atoms with Crippen molar-refractivity contribution in [1.29, 1.82) is 0 Å². The minimum Gasteiger partial charge on any atom is -0.508 e. The molecule has 2 rings (SSSR count). The zero-order chi connectivity index (χ0) is 17.7. The van der Waals surface area contributed by atoms with Crippen LogP contribution >= 0.6 is 34.8 Å². The van der Waals surface area contributed by atoms with Crippen molar-refractivity contribution in [3.63, 3.8) is 0 Å². The van der Waals surface area contributed by atoms with Gasteiger partial charge in [-0.3, -0.25) is 4.79 Å². The molecule has 0 radical (unpaired) electrons. The number of rotatable bonds is 5. The molecule has 0 heterocycles. The molecule has 0 saturated heterocycles. The van der Waals surface area contributed by atoms with Crippen molar-refractivity contribution in [1.82, 2.24) is 5.43 Å². The Morgan fingerprint density at radius 1 is 1.12 bits per heavy atom. The molecule has 0 saturated carbocycles. The Bertz CT molecular complexity index is 777. The van der Waals surface area contributed by atoms with E-state index in [1.165, 1.54) is 24.3 Å². The zero-order valence-electron chi connectivity index (χ0n) is 12.5. The number of hydrogen-bond donors (Lipinski definition) is 2. The SMILES string of the molecule is C/C(=N/NC(=O)COc1cc(Cl)c(Cl)cc1Cl)c1ccc(O)cc1. The van der Waals surface area contributed by atoms with Crippen LogP contribution in [0.2, 0.25) is 15.1 Å². The van der Waals surface area contributed by atoms with Gasteiger partial charge in [-0.2, -0.15) is 5.10 Å². The van der Waals surface area contributed by atoms with Gasteiger partial charge in [0, 0.05) is 6.07 Å². The van der Waals surface area contributed by atoms with Gasteiger partial charge in [0.25, 0.3) is 5.91 Å². The lowest BCUT2D eigenvalue weighted by Gasteiger charge is -2.08. The van der Waals surface area contributed by atoms with Gasteiger partial charge in [0.05, 0.1) is 20.8 Å². The minimum atomic E-state index is -0.463. The summed E-state index contributed by atoms with van der Waals surface area (Å²) in [4.78, 5) is 11.8. The number of nitrogens with zero attached hydrogens (tertiary/aromatic N) is 1. The van der Waals surface area contributed by atoms with Crippen LogP contribution in [0.15, 0.2) is 41.5 Å². The van der Waals surface area contributed by atoms with Gasteiger partial charge in [-0.05, 0) is 42.8 Å². The standard InChI is InChI=1S/C16H13Cl3N2O3/c1-9(10-2-4-11(22)5-3-10)20-21-16(23)8-24-15-7-13(18)12(17)6-14(15)19/h2-7,22H,8H2,1H3,(H,21,23)/b20-9-. The molecular formula is C16H13Cl3N2O3. The van der Waals surface area contributed by atoms with Crippen molar-refractivity contribution in [2.45, 2.75) is 6.92 Å². The van der Waals surface area contributed by atoms with E-state index in [-0.39, 0.29) is 28.2 Å². The molecule has 24 heavy (non-hydrogen) atoms. The summed E-state index contributed by atoms with van der Waals surface area (Å²) in [6, 6.07) is 9.31. The highest BCUT2D eigenvalue weighted by molar-refractivity contribution is 6.43. The molecule has 0 fully saturated rings. The van der Waals surface area contributed by atoms with Crippen LogP contribution < -0.4 is 10.2 Å². The summed E-state index contributed by atoms with van der Waals surface area (Å²) < 4.78 is 5.30. The number of carbonyl (C=O) groups is 1. The number of phenolic OH excluding ortho intramolecular Hbond substituents is 1. The smallest absolute Gasteiger partial charge is 0.277 e. The average Bonchev–Trinajstić information content (AvgIpc) is 2.55. The number of benzene rings is 2. The predicted octanol–water partition coefficient (Wildman–Crippen LogP) is 4.27. The highest BCUT2D eigenvalue weighted by Gasteiger charge is 2.09. The number of halogens is 3. The number of ether oxygens (including phenoxy) is 1. The maximum absolute atomic E-state index is 11.8. The second kappa shape index (κ2) is 8.24. The van der Waals surface area contributed by atoms with Gasteiger partial charge in [0.1, 0.15) is 11.5 Å². The summed E-state index contributed by atoms with van der Waals surface area (Å²) in [6.45, 7) is 1.44.